The van der Waals surface area contributed by atoms with Gasteiger partial charge in [-0.2, -0.15) is 0 Å². The highest BCUT2D eigenvalue weighted by Crippen LogP contribution is 2.10. The number of hydrogen-bond acceptors (Lipinski definition) is 5. The monoisotopic (exact) mass is 361 g/mol. The summed E-state index contributed by atoms with van der Waals surface area (Å²) >= 11 is 0. The Labute approximate surface area is 159 Å². The number of likely N-dealkylation sites (N-methyl/N-ethyl adjacent to an activating group) is 1. The molecular weight excluding hydrogens is 338 g/mol. The molecule has 0 bridgehead atoms. The number of anilines is 1. The Balaban J connectivity index is 1.64. The van der Waals surface area contributed by atoms with Crippen LogP contribution in [0.15, 0.2) is 60.9 Å². The van der Waals surface area contributed by atoms with Crippen molar-refractivity contribution < 1.29 is 4.79 Å². The topological polar surface area (TPSA) is 71.0 Å². The van der Waals surface area contributed by atoms with Crippen molar-refractivity contribution in [2.24, 2.45) is 0 Å². The lowest BCUT2D eigenvalue weighted by molar-refractivity contribution is 0.0790. The highest BCUT2D eigenvalue weighted by Gasteiger charge is 2.15. The van der Waals surface area contributed by atoms with E-state index in [9.17, 15) is 4.79 Å². The normalized spacial score (nSPS) is 10.4. The minimum Gasteiger partial charge on any atom is -0.350 e. The summed E-state index contributed by atoms with van der Waals surface area (Å²) in [6.07, 6.45) is 4.29. The molecule has 1 amide bonds. The largest absolute Gasteiger partial charge is 0.350 e. The molecule has 0 atom stereocenters. The third kappa shape index (κ3) is 5.34. The fourth-order valence-electron chi connectivity index (χ4n) is 2.68. The van der Waals surface area contributed by atoms with Crippen LogP contribution >= 0.6 is 0 Å². The number of rotatable bonds is 7. The molecular formula is C21H23N5O. The van der Waals surface area contributed by atoms with Crippen molar-refractivity contribution >= 4 is 11.9 Å². The lowest BCUT2D eigenvalue weighted by Gasteiger charge is -2.17. The molecule has 1 aromatic carbocycles. The van der Waals surface area contributed by atoms with Crippen LogP contribution in [-0.4, -0.2) is 39.4 Å². The quantitative estimate of drug-likeness (QED) is 0.700. The number of nitrogens with zero attached hydrogens (tertiary/aromatic N) is 4. The predicted octanol–water partition coefficient (Wildman–Crippen LogP) is 3.11. The summed E-state index contributed by atoms with van der Waals surface area (Å²) in [7, 11) is 1.79. The first-order chi connectivity index (χ1) is 13.1. The van der Waals surface area contributed by atoms with Crippen LogP contribution in [0.2, 0.25) is 0 Å². The van der Waals surface area contributed by atoms with E-state index in [1.807, 2.05) is 49.4 Å². The summed E-state index contributed by atoms with van der Waals surface area (Å²) in [5, 5.41) is 3.19. The Hall–Kier alpha value is -3.28. The molecule has 0 aliphatic heterocycles. The van der Waals surface area contributed by atoms with Crippen molar-refractivity contribution in [2.45, 2.75) is 19.9 Å². The fraction of sp³-hybridized carbons (Fsp3) is 0.238. The van der Waals surface area contributed by atoms with Gasteiger partial charge in [-0.25, -0.2) is 9.97 Å². The van der Waals surface area contributed by atoms with Gasteiger partial charge in [0.05, 0.1) is 0 Å². The maximum absolute atomic E-state index is 12.7. The van der Waals surface area contributed by atoms with Crippen LogP contribution < -0.4 is 5.32 Å². The van der Waals surface area contributed by atoms with Gasteiger partial charge in [0, 0.05) is 38.2 Å². The Kier molecular flexibility index (Phi) is 6.10. The number of pyridine rings is 1. The molecule has 0 unspecified atom stereocenters. The fourth-order valence-corrected chi connectivity index (χ4v) is 2.68. The Morgan fingerprint density at radius 2 is 1.78 bits per heavy atom. The predicted molar refractivity (Wildman–Crippen MR) is 105 cm³/mol. The van der Waals surface area contributed by atoms with Crippen molar-refractivity contribution in [1.82, 2.24) is 19.9 Å². The van der Waals surface area contributed by atoms with Crippen molar-refractivity contribution in [2.75, 3.05) is 18.9 Å². The first-order valence-electron chi connectivity index (χ1n) is 8.89. The number of benzene rings is 1. The second kappa shape index (κ2) is 8.89. The number of aromatic nitrogens is 3. The average molecular weight is 361 g/mol. The Morgan fingerprint density at radius 1 is 1.04 bits per heavy atom. The smallest absolute Gasteiger partial charge is 0.272 e. The van der Waals surface area contributed by atoms with Gasteiger partial charge >= 0.3 is 0 Å². The van der Waals surface area contributed by atoms with Gasteiger partial charge in [-0.1, -0.05) is 30.3 Å². The molecule has 0 radical (unpaired) electrons. The standard InChI is InChI=1S/C21H23N5O/c1-16-14-19(20(27)26(2)13-10-17-8-11-22-12-9-17)25-21(24-16)23-15-18-6-4-3-5-7-18/h3-9,11-12,14H,10,13,15H2,1-2H3,(H,23,24,25). The maximum atomic E-state index is 12.7. The van der Waals surface area contributed by atoms with E-state index in [-0.39, 0.29) is 5.91 Å². The molecule has 0 spiro atoms. The van der Waals surface area contributed by atoms with Crippen molar-refractivity contribution in [3.8, 4) is 0 Å². The van der Waals surface area contributed by atoms with E-state index in [1.165, 1.54) is 0 Å². The van der Waals surface area contributed by atoms with E-state index in [4.69, 9.17) is 0 Å². The van der Waals surface area contributed by atoms with Gasteiger partial charge in [-0.05, 0) is 42.7 Å². The number of aryl methyl sites for hydroxylation is 1. The molecule has 0 aliphatic rings. The molecule has 0 fully saturated rings. The molecule has 138 valence electrons. The highest BCUT2D eigenvalue weighted by molar-refractivity contribution is 5.92. The van der Waals surface area contributed by atoms with Gasteiger partial charge in [0.15, 0.2) is 0 Å². The number of carbonyl (C=O) groups is 1. The van der Waals surface area contributed by atoms with Gasteiger partial charge in [-0.15, -0.1) is 0 Å². The lowest BCUT2D eigenvalue weighted by Crippen LogP contribution is -2.30. The van der Waals surface area contributed by atoms with Crippen LogP contribution in [0.25, 0.3) is 0 Å². The van der Waals surface area contributed by atoms with Crippen molar-refractivity contribution in [3.63, 3.8) is 0 Å². The number of amides is 1. The second-order valence-electron chi connectivity index (χ2n) is 6.39. The van der Waals surface area contributed by atoms with Crippen molar-refractivity contribution in [1.29, 1.82) is 0 Å². The molecule has 0 saturated heterocycles. The van der Waals surface area contributed by atoms with Gasteiger partial charge in [-0.3, -0.25) is 9.78 Å². The maximum Gasteiger partial charge on any atom is 0.272 e. The SMILES string of the molecule is Cc1cc(C(=O)N(C)CCc2ccncc2)nc(NCc2ccccc2)n1. The number of carbonyl (C=O) groups excluding carboxylic acids is 1. The van der Waals surface area contributed by atoms with Crippen molar-refractivity contribution in [3.05, 3.63) is 83.4 Å². The second-order valence-corrected chi connectivity index (χ2v) is 6.39. The molecule has 1 N–H and O–H groups in total. The van der Waals surface area contributed by atoms with Crippen LogP contribution in [0.5, 0.6) is 0 Å². The molecule has 2 aromatic heterocycles. The van der Waals surface area contributed by atoms with Gasteiger partial charge in [0.1, 0.15) is 5.69 Å². The summed E-state index contributed by atoms with van der Waals surface area (Å²) in [6, 6.07) is 15.6. The summed E-state index contributed by atoms with van der Waals surface area (Å²) < 4.78 is 0. The molecule has 3 aromatic rings. The molecule has 3 rings (SSSR count). The van der Waals surface area contributed by atoms with Gasteiger partial charge in [0.25, 0.3) is 5.91 Å². The van der Waals surface area contributed by atoms with Gasteiger partial charge < -0.3 is 10.2 Å². The minimum atomic E-state index is -0.114. The Morgan fingerprint density at radius 3 is 2.52 bits per heavy atom. The molecule has 6 heteroatoms. The number of hydrogen-bond donors (Lipinski definition) is 1. The van der Waals surface area contributed by atoms with E-state index in [2.05, 4.69) is 20.3 Å². The summed E-state index contributed by atoms with van der Waals surface area (Å²) in [6.45, 7) is 3.08. The zero-order chi connectivity index (χ0) is 19.1. The Bertz CT molecular complexity index is 884. The summed E-state index contributed by atoms with van der Waals surface area (Å²) in [5.41, 5.74) is 3.43. The van der Waals surface area contributed by atoms with Crippen LogP contribution in [0.3, 0.4) is 0 Å². The first-order valence-corrected chi connectivity index (χ1v) is 8.89. The molecule has 2 heterocycles. The average Bonchev–Trinajstić information content (AvgIpc) is 2.71. The van der Waals surface area contributed by atoms with E-state index in [0.29, 0.717) is 24.7 Å². The van der Waals surface area contributed by atoms with Crippen LogP contribution in [0.4, 0.5) is 5.95 Å². The minimum absolute atomic E-state index is 0.114. The summed E-state index contributed by atoms with van der Waals surface area (Å²) in [5.74, 6) is 0.349. The first kappa shape index (κ1) is 18.5. The van der Waals surface area contributed by atoms with Crippen LogP contribution in [0.1, 0.15) is 27.3 Å². The van der Waals surface area contributed by atoms with E-state index >= 15 is 0 Å². The molecule has 0 aliphatic carbocycles. The third-order valence-electron chi connectivity index (χ3n) is 4.20. The highest BCUT2D eigenvalue weighted by atomic mass is 16.2. The van der Waals surface area contributed by atoms with Gasteiger partial charge in [0.2, 0.25) is 5.95 Å². The molecule has 6 nitrogen and oxygen atoms in total. The molecule has 0 saturated carbocycles. The van der Waals surface area contributed by atoms with Crippen LogP contribution in [-0.2, 0) is 13.0 Å². The van der Waals surface area contributed by atoms with E-state index < -0.39 is 0 Å². The number of nitrogens with one attached hydrogen (secondary N) is 1. The third-order valence-corrected chi connectivity index (χ3v) is 4.20. The van der Waals surface area contributed by atoms with Crippen LogP contribution in [0, 0.1) is 6.92 Å². The van der Waals surface area contributed by atoms with E-state index in [1.54, 1.807) is 30.4 Å². The summed E-state index contributed by atoms with van der Waals surface area (Å²) in [4.78, 5) is 27.2. The van der Waals surface area contributed by atoms with E-state index in [0.717, 1.165) is 23.2 Å². The zero-order valence-electron chi connectivity index (χ0n) is 15.6. The lowest BCUT2D eigenvalue weighted by atomic mass is 10.2. The molecule has 27 heavy (non-hydrogen) atoms. The zero-order valence-corrected chi connectivity index (χ0v) is 15.6.